The molecule has 0 unspecified atom stereocenters. The van der Waals surface area contributed by atoms with E-state index in [0.717, 1.165) is 12.8 Å². The highest BCUT2D eigenvalue weighted by Gasteiger charge is 2.04. The Morgan fingerprint density at radius 1 is 1.44 bits per heavy atom. The van der Waals surface area contributed by atoms with Crippen LogP contribution in [0.4, 0.5) is 8.78 Å². The fourth-order valence-electron chi connectivity index (χ4n) is 1.01. The smallest absolute Gasteiger partial charge is 0.261 e. The first-order valence-corrected chi connectivity index (χ1v) is 5.23. The number of hydrogen-bond acceptors (Lipinski definition) is 2. The molecule has 0 bridgehead atoms. The summed E-state index contributed by atoms with van der Waals surface area (Å²) in [5, 5.41) is 2.65. The number of ether oxygens (including phenoxy) is 1. The van der Waals surface area contributed by atoms with Crippen LogP contribution in [0.5, 0.6) is 0 Å². The fraction of sp³-hybridized carbons (Fsp3) is 0.727. The molecule has 0 aliphatic rings. The van der Waals surface area contributed by atoms with Gasteiger partial charge in [0, 0.05) is 19.4 Å². The number of rotatable bonds is 9. The Kier molecular flexibility index (Phi) is 9.63. The molecule has 0 spiro atoms. The van der Waals surface area contributed by atoms with Crippen molar-refractivity contribution < 1.29 is 18.3 Å². The van der Waals surface area contributed by atoms with Gasteiger partial charge in [-0.3, -0.25) is 4.79 Å². The van der Waals surface area contributed by atoms with Crippen LogP contribution in [-0.2, 0) is 9.53 Å². The Morgan fingerprint density at radius 3 is 2.81 bits per heavy atom. The number of nitrogens with one attached hydrogen (secondary N) is 1. The number of amides is 1. The molecule has 0 aliphatic heterocycles. The van der Waals surface area contributed by atoms with E-state index in [1.165, 1.54) is 0 Å². The number of unbranched alkanes of at least 4 members (excludes halogenated alkanes) is 2. The van der Waals surface area contributed by atoms with Crippen molar-refractivity contribution in [1.29, 1.82) is 0 Å². The van der Waals surface area contributed by atoms with Crippen LogP contribution in [0.3, 0.4) is 0 Å². The lowest BCUT2D eigenvalue weighted by molar-refractivity contribution is -0.122. The quantitative estimate of drug-likeness (QED) is 0.485. The Balaban J connectivity index is 3.22. The van der Waals surface area contributed by atoms with E-state index in [1.807, 2.05) is 0 Å². The molecule has 0 aromatic rings. The molecule has 0 rings (SSSR count). The Labute approximate surface area is 94.5 Å². The molecule has 16 heavy (non-hydrogen) atoms. The van der Waals surface area contributed by atoms with Gasteiger partial charge in [0.25, 0.3) is 6.43 Å². The minimum Gasteiger partial charge on any atom is -0.375 e. The predicted molar refractivity (Wildman–Crippen MR) is 57.1 cm³/mol. The van der Waals surface area contributed by atoms with Gasteiger partial charge in [-0.1, -0.05) is 0 Å². The molecule has 0 aliphatic carbocycles. The summed E-state index contributed by atoms with van der Waals surface area (Å²) in [4.78, 5) is 11.1. The van der Waals surface area contributed by atoms with Gasteiger partial charge in [-0.15, -0.1) is 12.3 Å². The van der Waals surface area contributed by atoms with E-state index in [4.69, 9.17) is 6.42 Å². The van der Waals surface area contributed by atoms with Crippen LogP contribution < -0.4 is 5.32 Å². The fourth-order valence-corrected chi connectivity index (χ4v) is 1.01. The third kappa shape index (κ3) is 10.9. The molecule has 0 aromatic heterocycles. The van der Waals surface area contributed by atoms with Crippen molar-refractivity contribution in [2.45, 2.75) is 32.1 Å². The monoisotopic (exact) mass is 233 g/mol. The zero-order valence-corrected chi connectivity index (χ0v) is 9.18. The van der Waals surface area contributed by atoms with E-state index in [0.29, 0.717) is 13.0 Å². The van der Waals surface area contributed by atoms with E-state index >= 15 is 0 Å². The molecule has 3 nitrogen and oxygen atoms in total. The largest absolute Gasteiger partial charge is 0.375 e. The normalized spacial score (nSPS) is 10.1. The van der Waals surface area contributed by atoms with Crippen molar-refractivity contribution in [3.05, 3.63) is 0 Å². The maximum atomic E-state index is 11.6. The van der Waals surface area contributed by atoms with Crippen LogP contribution in [0.2, 0.25) is 0 Å². The summed E-state index contributed by atoms with van der Waals surface area (Å²) in [5.74, 6) is 2.32. The van der Waals surface area contributed by atoms with Gasteiger partial charge in [-0.2, -0.15) is 0 Å². The number of carbonyl (C=O) groups excluding carboxylic acids is 1. The van der Waals surface area contributed by atoms with Gasteiger partial charge >= 0.3 is 0 Å². The summed E-state index contributed by atoms with van der Waals surface area (Å²) in [6.45, 7) is -0.0225. The number of halogens is 2. The van der Waals surface area contributed by atoms with Gasteiger partial charge < -0.3 is 10.1 Å². The zero-order chi connectivity index (χ0) is 12.2. The number of hydrogen-bond donors (Lipinski definition) is 1. The molecule has 0 radical (unpaired) electrons. The molecule has 1 amide bonds. The van der Waals surface area contributed by atoms with Crippen LogP contribution in [0.15, 0.2) is 0 Å². The predicted octanol–water partition coefficient (Wildman–Crippen LogP) is 1.58. The number of terminal acetylenes is 1. The Bertz CT molecular complexity index is 227. The SMILES string of the molecule is C#CCCCCNC(=O)CCOCC(F)F. The van der Waals surface area contributed by atoms with Crippen LogP contribution in [0.25, 0.3) is 0 Å². The van der Waals surface area contributed by atoms with Gasteiger partial charge in [-0.05, 0) is 12.8 Å². The van der Waals surface area contributed by atoms with Gasteiger partial charge in [0.1, 0.15) is 6.61 Å². The third-order valence-corrected chi connectivity index (χ3v) is 1.79. The summed E-state index contributed by atoms with van der Waals surface area (Å²) in [6, 6.07) is 0. The molecule has 0 aromatic carbocycles. The summed E-state index contributed by atoms with van der Waals surface area (Å²) in [6.07, 6.45) is 5.10. The average Bonchev–Trinajstić information content (AvgIpc) is 2.24. The molecular weight excluding hydrogens is 216 g/mol. The molecule has 0 atom stereocenters. The van der Waals surface area contributed by atoms with E-state index in [1.54, 1.807) is 0 Å². The summed E-state index contributed by atoms with van der Waals surface area (Å²) in [5.41, 5.74) is 0. The maximum Gasteiger partial charge on any atom is 0.261 e. The third-order valence-electron chi connectivity index (χ3n) is 1.79. The number of alkyl halides is 2. The standard InChI is InChI=1S/C11H17F2NO2/c1-2-3-4-5-7-14-11(15)6-8-16-9-10(12)13/h1,10H,3-9H2,(H,14,15). The van der Waals surface area contributed by atoms with Gasteiger partial charge in [0.2, 0.25) is 5.91 Å². The van der Waals surface area contributed by atoms with E-state index in [-0.39, 0.29) is 18.9 Å². The van der Waals surface area contributed by atoms with Crippen molar-refractivity contribution >= 4 is 5.91 Å². The molecule has 0 saturated heterocycles. The van der Waals surface area contributed by atoms with Crippen molar-refractivity contribution in [3.8, 4) is 12.3 Å². The lowest BCUT2D eigenvalue weighted by Gasteiger charge is -2.05. The van der Waals surface area contributed by atoms with Crippen molar-refractivity contribution in [1.82, 2.24) is 5.32 Å². The van der Waals surface area contributed by atoms with E-state index < -0.39 is 13.0 Å². The van der Waals surface area contributed by atoms with Crippen LogP contribution in [0.1, 0.15) is 25.7 Å². The second kappa shape index (κ2) is 10.4. The minimum atomic E-state index is -2.48. The molecule has 0 saturated carbocycles. The van der Waals surface area contributed by atoms with Crippen LogP contribution in [-0.4, -0.2) is 32.1 Å². The van der Waals surface area contributed by atoms with Crippen molar-refractivity contribution in [2.24, 2.45) is 0 Å². The second-order valence-corrected chi connectivity index (χ2v) is 3.23. The van der Waals surface area contributed by atoms with Crippen LogP contribution in [0, 0.1) is 12.3 Å². The van der Waals surface area contributed by atoms with Gasteiger partial charge in [-0.25, -0.2) is 8.78 Å². The van der Waals surface area contributed by atoms with Crippen molar-refractivity contribution in [3.63, 3.8) is 0 Å². The highest BCUT2D eigenvalue weighted by atomic mass is 19.3. The highest BCUT2D eigenvalue weighted by Crippen LogP contribution is 1.94. The summed E-state index contributed by atoms with van der Waals surface area (Å²) < 4.78 is 27.9. The molecular formula is C11H17F2NO2. The topological polar surface area (TPSA) is 38.3 Å². The minimum absolute atomic E-state index is 0.0283. The second-order valence-electron chi connectivity index (χ2n) is 3.23. The van der Waals surface area contributed by atoms with Crippen LogP contribution >= 0.6 is 0 Å². The molecule has 0 fully saturated rings. The first-order chi connectivity index (χ1) is 7.66. The number of carbonyl (C=O) groups is 1. The van der Waals surface area contributed by atoms with E-state index in [9.17, 15) is 13.6 Å². The van der Waals surface area contributed by atoms with Crippen molar-refractivity contribution in [2.75, 3.05) is 19.8 Å². The van der Waals surface area contributed by atoms with E-state index in [2.05, 4.69) is 16.0 Å². The lowest BCUT2D eigenvalue weighted by Crippen LogP contribution is -2.25. The molecule has 0 heterocycles. The molecule has 92 valence electrons. The van der Waals surface area contributed by atoms with Gasteiger partial charge in [0.15, 0.2) is 0 Å². The first-order valence-electron chi connectivity index (χ1n) is 5.23. The Hall–Kier alpha value is -1.15. The maximum absolute atomic E-state index is 11.6. The zero-order valence-electron chi connectivity index (χ0n) is 9.18. The van der Waals surface area contributed by atoms with Gasteiger partial charge in [0.05, 0.1) is 6.61 Å². The molecule has 1 N–H and O–H groups in total. The lowest BCUT2D eigenvalue weighted by atomic mass is 10.2. The average molecular weight is 233 g/mol. The summed E-state index contributed by atoms with van der Waals surface area (Å²) >= 11 is 0. The Morgan fingerprint density at radius 2 is 2.19 bits per heavy atom. The first kappa shape index (κ1) is 14.8. The highest BCUT2D eigenvalue weighted by molar-refractivity contribution is 5.75. The molecule has 5 heteroatoms. The summed E-state index contributed by atoms with van der Waals surface area (Å²) in [7, 11) is 0.